The van der Waals surface area contributed by atoms with Crippen LogP contribution in [0, 0.1) is 34.6 Å². The second-order valence-corrected chi connectivity index (χ2v) is 6.35. The Morgan fingerprint density at radius 3 is 2.00 bits per heavy atom. The number of carbonyl (C=O) groups excluding carboxylic acids is 1. The number of halogens is 1. The molecule has 0 atom stereocenters. The summed E-state index contributed by atoms with van der Waals surface area (Å²) < 4.78 is 6.46. The van der Waals surface area contributed by atoms with E-state index in [1.807, 2.05) is 52.8 Å². The van der Waals surface area contributed by atoms with Crippen LogP contribution in [0.15, 0.2) is 28.7 Å². The first kappa shape index (κ1) is 15.8. The second-order valence-electron chi connectivity index (χ2n) is 5.49. The number of ether oxygens (including phenoxy) is 1. The number of carbonyl (C=O) groups is 1. The monoisotopic (exact) mass is 346 g/mol. The third kappa shape index (κ3) is 3.35. The Hall–Kier alpha value is -1.61. The van der Waals surface area contributed by atoms with Crippen LogP contribution in [0.3, 0.4) is 0 Å². The van der Waals surface area contributed by atoms with Gasteiger partial charge in [-0.25, -0.2) is 4.79 Å². The molecule has 0 N–H and O–H groups in total. The summed E-state index contributed by atoms with van der Waals surface area (Å²) in [7, 11) is 0. The highest BCUT2D eigenvalue weighted by molar-refractivity contribution is 9.10. The van der Waals surface area contributed by atoms with Crippen molar-refractivity contribution in [3.8, 4) is 5.75 Å². The van der Waals surface area contributed by atoms with Crippen LogP contribution in [-0.4, -0.2) is 5.97 Å². The van der Waals surface area contributed by atoms with Crippen molar-refractivity contribution in [2.24, 2.45) is 0 Å². The SMILES string of the molecule is Cc1cc(C)cc(OC(=O)c2cc(Br)c(C)c(C)c2C)c1. The van der Waals surface area contributed by atoms with E-state index in [4.69, 9.17) is 4.74 Å². The summed E-state index contributed by atoms with van der Waals surface area (Å²) in [6, 6.07) is 7.63. The van der Waals surface area contributed by atoms with Crippen molar-refractivity contribution in [2.75, 3.05) is 0 Å². The summed E-state index contributed by atoms with van der Waals surface area (Å²) >= 11 is 3.50. The Labute approximate surface area is 134 Å². The van der Waals surface area contributed by atoms with Crippen LogP contribution < -0.4 is 4.74 Å². The molecule has 21 heavy (non-hydrogen) atoms. The van der Waals surface area contributed by atoms with Gasteiger partial charge in [-0.2, -0.15) is 0 Å². The van der Waals surface area contributed by atoms with E-state index in [0.717, 1.165) is 32.3 Å². The Morgan fingerprint density at radius 1 is 0.857 bits per heavy atom. The highest BCUT2D eigenvalue weighted by atomic mass is 79.9. The maximum absolute atomic E-state index is 12.4. The van der Waals surface area contributed by atoms with Gasteiger partial charge in [0, 0.05) is 4.47 Å². The summed E-state index contributed by atoms with van der Waals surface area (Å²) in [4.78, 5) is 12.4. The fourth-order valence-corrected chi connectivity index (χ4v) is 2.90. The predicted octanol–water partition coefficient (Wildman–Crippen LogP) is 5.21. The van der Waals surface area contributed by atoms with Crippen LogP contribution in [0.25, 0.3) is 0 Å². The Morgan fingerprint density at radius 2 is 1.43 bits per heavy atom. The zero-order valence-electron chi connectivity index (χ0n) is 13.0. The zero-order chi connectivity index (χ0) is 15.7. The van der Waals surface area contributed by atoms with Crippen LogP contribution in [0.2, 0.25) is 0 Å². The molecule has 0 spiro atoms. The van der Waals surface area contributed by atoms with Crippen molar-refractivity contribution < 1.29 is 9.53 Å². The van der Waals surface area contributed by atoms with E-state index in [2.05, 4.69) is 22.0 Å². The van der Waals surface area contributed by atoms with Crippen molar-refractivity contribution in [1.82, 2.24) is 0 Å². The fourth-order valence-electron chi connectivity index (χ4n) is 2.37. The number of rotatable bonds is 2. The van der Waals surface area contributed by atoms with Crippen molar-refractivity contribution in [3.63, 3.8) is 0 Å². The summed E-state index contributed by atoms with van der Waals surface area (Å²) in [5.74, 6) is 0.271. The van der Waals surface area contributed by atoms with Gasteiger partial charge in [0.15, 0.2) is 0 Å². The summed E-state index contributed by atoms with van der Waals surface area (Å²) in [5.41, 5.74) is 5.98. The largest absolute Gasteiger partial charge is 0.423 e. The molecule has 3 heteroatoms. The van der Waals surface area contributed by atoms with Gasteiger partial charge in [0.2, 0.25) is 0 Å². The third-order valence-corrected chi connectivity index (χ3v) is 4.61. The molecule has 0 amide bonds. The number of hydrogen-bond acceptors (Lipinski definition) is 2. The van der Waals surface area contributed by atoms with E-state index in [-0.39, 0.29) is 5.97 Å². The quantitative estimate of drug-likeness (QED) is 0.551. The van der Waals surface area contributed by atoms with Gasteiger partial charge in [-0.3, -0.25) is 0 Å². The van der Waals surface area contributed by atoms with Crippen molar-refractivity contribution in [3.05, 3.63) is 62.1 Å². The highest BCUT2D eigenvalue weighted by Gasteiger charge is 2.16. The molecule has 2 aromatic rings. The summed E-state index contributed by atoms with van der Waals surface area (Å²) in [6.07, 6.45) is 0. The van der Waals surface area contributed by atoms with Crippen molar-refractivity contribution >= 4 is 21.9 Å². The molecule has 2 aromatic carbocycles. The minimum absolute atomic E-state index is 0.318. The molecule has 0 aliphatic heterocycles. The van der Waals surface area contributed by atoms with Crippen molar-refractivity contribution in [1.29, 1.82) is 0 Å². The summed E-state index contributed by atoms with van der Waals surface area (Å²) in [6.45, 7) is 9.98. The lowest BCUT2D eigenvalue weighted by Gasteiger charge is -2.13. The van der Waals surface area contributed by atoms with Crippen LogP contribution >= 0.6 is 15.9 Å². The number of hydrogen-bond donors (Lipinski definition) is 0. The van der Waals surface area contributed by atoms with Gasteiger partial charge in [-0.1, -0.05) is 22.0 Å². The smallest absolute Gasteiger partial charge is 0.343 e. The molecule has 110 valence electrons. The topological polar surface area (TPSA) is 26.3 Å². The molecular formula is C18H19BrO2. The Bertz CT molecular complexity index is 697. The maximum Gasteiger partial charge on any atom is 0.343 e. The molecule has 0 radical (unpaired) electrons. The molecule has 0 bridgehead atoms. The lowest BCUT2D eigenvalue weighted by molar-refractivity contribution is 0.0733. The Kier molecular flexibility index (Phi) is 4.52. The summed E-state index contributed by atoms with van der Waals surface area (Å²) in [5, 5.41) is 0. The van der Waals surface area contributed by atoms with Gasteiger partial charge in [-0.05, 0) is 80.6 Å². The van der Waals surface area contributed by atoms with E-state index >= 15 is 0 Å². The zero-order valence-corrected chi connectivity index (χ0v) is 14.6. The maximum atomic E-state index is 12.4. The lowest BCUT2D eigenvalue weighted by atomic mass is 9.99. The molecule has 0 aliphatic rings. The first-order chi connectivity index (χ1) is 9.79. The number of benzene rings is 2. The molecule has 0 heterocycles. The Balaban J connectivity index is 2.37. The van der Waals surface area contributed by atoms with Gasteiger partial charge in [-0.15, -0.1) is 0 Å². The van der Waals surface area contributed by atoms with Crippen LogP contribution in [0.5, 0.6) is 5.75 Å². The number of esters is 1. The fraction of sp³-hybridized carbons (Fsp3) is 0.278. The highest BCUT2D eigenvalue weighted by Crippen LogP contribution is 2.27. The normalized spacial score (nSPS) is 10.6. The molecule has 0 fully saturated rings. The second kappa shape index (κ2) is 6.02. The molecule has 0 saturated heterocycles. The van der Waals surface area contributed by atoms with E-state index in [1.54, 1.807) is 0 Å². The van der Waals surface area contributed by atoms with E-state index < -0.39 is 0 Å². The van der Waals surface area contributed by atoms with Crippen LogP contribution in [0.1, 0.15) is 38.2 Å². The molecule has 0 unspecified atom stereocenters. The molecule has 0 aliphatic carbocycles. The average molecular weight is 347 g/mol. The standard InChI is InChI=1S/C18H19BrO2/c1-10-6-11(2)8-15(7-10)21-18(20)16-9-17(19)14(5)12(3)13(16)4/h6-9H,1-5H3. The van der Waals surface area contributed by atoms with E-state index in [9.17, 15) is 4.79 Å². The number of aryl methyl sites for hydroxylation is 2. The van der Waals surface area contributed by atoms with Crippen LogP contribution in [0.4, 0.5) is 0 Å². The molecule has 2 nitrogen and oxygen atoms in total. The van der Waals surface area contributed by atoms with Gasteiger partial charge in [0.1, 0.15) is 5.75 Å². The van der Waals surface area contributed by atoms with Crippen LogP contribution in [-0.2, 0) is 0 Å². The van der Waals surface area contributed by atoms with Gasteiger partial charge < -0.3 is 4.74 Å². The molecule has 0 aromatic heterocycles. The van der Waals surface area contributed by atoms with Gasteiger partial charge in [0.05, 0.1) is 5.56 Å². The first-order valence-electron chi connectivity index (χ1n) is 6.86. The first-order valence-corrected chi connectivity index (χ1v) is 7.65. The lowest BCUT2D eigenvalue weighted by Crippen LogP contribution is -2.12. The van der Waals surface area contributed by atoms with Gasteiger partial charge in [0.25, 0.3) is 0 Å². The predicted molar refractivity (Wildman–Crippen MR) is 89.2 cm³/mol. The minimum atomic E-state index is -0.318. The molecular weight excluding hydrogens is 328 g/mol. The van der Waals surface area contributed by atoms with E-state index in [0.29, 0.717) is 11.3 Å². The van der Waals surface area contributed by atoms with E-state index in [1.165, 1.54) is 0 Å². The molecule has 2 rings (SSSR count). The molecule has 0 saturated carbocycles. The third-order valence-electron chi connectivity index (χ3n) is 3.78. The minimum Gasteiger partial charge on any atom is -0.423 e. The van der Waals surface area contributed by atoms with Crippen molar-refractivity contribution in [2.45, 2.75) is 34.6 Å². The average Bonchev–Trinajstić information content (AvgIpc) is 2.39. The van der Waals surface area contributed by atoms with Gasteiger partial charge >= 0.3 is 5.97 Å².